The van der Waals surface area contributed by atoms with E-state index in [1.54, 1.807) is 24.3 Å². The minimum absolute atomic E-state index is 0.0788. The van der Waals surface area contributed by atoms with E-state index in [4.69, 9.17) is 11.6 Å². The molecule has 0 spiro atoms. The second kappa shape index (κ2) is 8.27. The van der Waals surface area contributed by atoms with Gasteiger partial charge in [0.25, 0.3) is 0 Å². The molecule has 1 heterocycles. The molecule has 0 bridgehead atoms. The summed E-state index contributed by atoms with van der Waals surface area (Å²) >= 11 is 7.04. The Kier molecular flexibility index (Phi) is 5.56. The van der Waals surface area contributed by atoms with Crippen molar-refractivity contribution in [1.29, 1.82) is 0 Å². The molecule has 1 atom stereocenters. The smallest absolute Gasteiger partial charge is 0.247 e. The number of hydrogen-bond acceptors (Lipinski definition) is 4. The number of carbonyl (C=O) groups is 3. The van der Waals surface area contributed by atoms with Crippen molar-refractivity contribution in [2.75, 3.05) is 16.0 Å². The molecular formula is C22H17ClN2O3S. The van der Waals surface area contributed by atoms with Crippen LogP contribution < -0.4 is 10.2 Å². The molecule has 4 rings (SSSR count). The minimum Gasteiger partial charge on any atom is -0.325 e. The first-order chi connectivity index (χ1) is 14.0. The van der Waals surface area contributed by atoms with Crippen LogP contribution >= 0.6 is 23.4 Å². The summed E-state index contributed by atoms with van der Waals surface area (Å²) in [5.41, 5.74) is 1.19. The number of rotatable bonds is 5. The summed E-state index contributed by atoms with van der Waals surface area (Å²) in [4.78, 5) is 38.4. The molecule has 29 heavy (non-hydrogen) atoms. The van der Waals surface area contributed by atoms with Crippen LogP contribution in [0.15, 0.2) is 66.7 Å². The average Bonchev–Trinajstić information content (AvgIpc) is 3.00. The van der Waals surface area contributed by atoms with Gasteiger partial charge in [-0.1, -0.05) is 41.9 Å². The predicted molar refractivity (Wildman–Crippen MR) is 117 cm³/mol. The Morgan fingerprint density at radius 1 is 1.03 bits per heavy atom. The highest BCUT2D eigenvalue weighted by molar-refractivity contribution is 8.01. The lowest BCUT2D eigenvalue weighted by molar-refractivity contribution is -0.121. The quantitative estimate of drug-likeness (QED) is 0.612. The van der Waals surface area contributed by atoms with Gasteiger partial charge in [0.2, 0.25) is 17.7 Å². The van der Waals surface area contributed by atoms with Gasteiger partial charge in [-0.2, -0.15) is 0 Å². The Hall–Kier alpha value is -2.83. The number of fused-ring (bicyclic) bond motifs is 1. The molecule has 7 heteroatoms. The number of carbonyl (C=O) groups excluding carboxylic acids is 3. The Bertz CT molecular complexity index is 1100. The van der Waals surface area contributed by atoms with Gasteiger partial charge in [0.15, 0.2) is 0 Å². The van der Waals surface area contributed by atoms with Crippen LogP contribution in [0.5, 0.6) is 0 Å². The van der Waals surface area contributed by atoms with Crippen molar-refractivity contribution >= 4 is 63.2 Å². The molecule has 3 amide bonds. The second-order valence-electron chi connectivity index (χ2n) is 6.66. The maximum Gasteiger partial charge on any atom is 0.247 e. The van der Waals surface area contributed by atoms with E-state index in [0.717, 1.165) is 15.7 Å². The Morgan fingerprint density at radius 2 is 1.76 bits per heavy atom. The largest absolute Gasteiger partial charge is 0.325 e. The van der Waals surface area contributed by atoms with E-state index in [1.165, 1.54) is 11.8 Å². The molecule has 1 saturated heterocycles. The molecular weight excluding hydrogens is 408 g/mol. The van der Waals surface area contributed by atoms with Gasteiger partial charge in [0.1, 0.15) is 0 Å². The van der Waals surface area contributed by atoms with E-state index in [9.17, 15) is 14.4 Å². The first-order valence-electron chi connectivity index (χ1n) is 9.04. The normalized spacial score (nSPS) is 16.4. The fraction of sp³-hybridized carbons (Fsp3) is 0.136. The Morgan fingerprint density at radius 3 is 2.52 bits per heavy atom. The zero-order valence-electron chi connectivity index (χ0n) is 15.3. The molecule has 3 aromatic rings. The van der Waals surface area contributed by atoms with Crippen LogP contribution in [0.25, 0.3) is 10.8 Å². The van der Waals surface area contributed by atoms with Crippen LogP contribution in [0.2, 0.25) is 5.02 Å². The summed E-state index contributed by atoms with van der Waals surface area (Å²) in [5, 5.41) is 4.94. The van der Waals surface area contributed by atoms with Gasteiger partial charge >= 0.3 is 0 Å². The van der Waals surface area contributed by atoms with Crippen LogP contribution in [0.1, 0.15) is 6.42 Å². The average molecular weight is 425 g/mol. The molecule has 1 aliphatic rings. The van der Waals surface area contributed by atoms with E-state index in [1.807, 2.05) is 42.5 Å². The standard InChI is InChI=1S/C22H17ClN2O3S/c23-16-6-9-18(10-7-16)25-21(27)12-19(22(25)28)29-13-20(26)24-17-8-5-14-3-1-2-4-15(14)11-17/h1-11,19H,12-13H2,(H,24,26)/t19-/m0/s1. The molecule has 146 valence electrons. The Labute approximate surface area is 177 Å². The highest BCUT2D eigenvalue weighted by Gasteiger charge is 2.40. The number of anilines is 2. The number of imide groups is 1. The van der Waals surface area contributed by atoms with Crippen molar-refractivity contribution < 1.29 is 14.4 Å². The van der Waals surface area contributed by atoms with Crippen molar-refractivity contribution in [3.63, 3.8) is 0 Å². The molecule has 0 unspecified atom stereocenters. The lowest BCUT2D eigenvalue weighted by atomic mass is 10.1. The van der Waals surface area contributed by atoms with E-state index in [-0.39, 0.29) is 29.9 Å². The molecule has 0 saturated carbocycles. The van der Waals surface area contributed by atoms with Gasteiger partial charge in [0.05, 0.1) is 16.7 Å². The molecule has 1 aliphatic heterocycles. The van der Waals surface area contributed by atoms with Crippen LogP contribution in [0.4, 0.5) is 11.4 Å². The highest BCUT2D eigenvalue weighted by Crippen LogP contribution is 2.30. The molecule has 1 fully saturated rings. The summed E-state index contributed by atoms with van der Waals surface area (Å²) < 4.78 is 0. The van der Waals surface area contributed by atoms with Crippen molar-refractivity contribution in [3.05, 3.63) is 71.8 Å². The molecule has 3 aromatic carbocycles. The molecule has 0 aromatic heterocycles. The van der Waals surface area contributed by atoms with Gasteiger partial charge in [0, 0.05) is 17.1 Å². The third-order valence-electron chi connectivity index (χ3n) is 4.64. The zero-order chi connectivity index (χ0) is 20.4. The predicted octanol–water partition coefficient (Wildman–Crippen LogP) is 4.50. The fourth-order valence-electron chi connectivity index (χ4n) is 3.24. The van der Waals surface area contributed by atoms with E-state index >= 15 is 0 Å². The van der Waals surface area contributed by atoms with Crippen LogP contribution in [0, 0.1) is 0 Å². The summed E-state index contributed by atoms with van der Waals surface area (Å²) in [6.07, 6.45) is 0.0788. The number of amides is 3. The maximum atomic E-state index is 12.6. The zero-order valence-corrected chi connectivity index (χ0v) is 16.9. The van der Waals surface area contributed by atoms with Crippen LogP contribution in [-0.2, 0) is 14.4 Å². The molecule has 5 nitrogen and oxygen atoms in total. The molecule has 1 N–H and O–H groups in total. The summed E-state index contributed by atoms with van der Waals surface area (Å²) in [6.45, 7) is 0. The van der Waals surface area contributed by atoms with Crippen molar-refractivity contribution in [1.82, 2.24) is 0 Å². The number of thioether (sulfide) groups is 1. The van der Waals surface area contributed by atoms with Crippen LogP contribution in [0.3, 0.4) is 0 Å². The lowest BCUT2D eigenvalue weighted by Crippen LogP contribution is -2.31. The first-order valence-corrected chi connectivity index (χ1v) is 10.5. The Balaban J connectivity index is 1.37. The monoisotopic (exact) mass is 424 g/mol. The highest BCUT2D eigenvalue weighted by atomic mass is 35.5. The molecule has 0 radical (unpaired) electrons. The minimum atomic E-state index is -0.569. The van der Waals surface area contributed by atoms with Gasteiger partial charge in [-0.15, -0.1) is 11.8 Å². The first kappa shape index (κ1) is 19.5. The summed E-state index contributed by atoms with van der Waals surface area (Å²) in [6, 6.07) is 20.1. The third-order valence-corrected chi connectivity index (χ3v) is 6.09. The number of benzene rings is 3. The van der Waals surface area contributed by atoms with Crippen molar-refractivity contribution in [3.8, 4) is 0 Å². The van der Waals surface area contributed by atoms with E-state index in [0.29, 0.717) is 16.4 Å². The number of hydrogen-bond donors (Lipinski definition) is 1. The van der Waals surface area contributed by atoms with Crippen LogP contribution in [-0.4, -0.2) is 28.7 Å². The van der Waals surface area contributed by atoms with Gasteiger partial charge in [-0.05, 0) is 47.2 Å². The molecule has 0 aliphatic carbocycles. The van der Waals surface area contributed by atoms with Gasteiger partial charge in [-0.3, -0.25) is 14.4 Å². The number of nitrogens with zero attached hydrogens (tertiary/aromatic N) is 1. The SMILES string of the molecule is O=C(CS[C@H]1CC(=O)N(c2ccc(Cl)cc2)C1=O)Nc1ccc2ccccc2c1. The number of halogens is 1. The van der Waals surface area contributed by atoms with Crippen molar-refractivity contribution in [2.24, 2.45) is 0 Å². The number of nitrogens with one attached hydrogen (secondary N) is 1. The lowest BCUT2D eigenvalue weighted by Gasteiger charge is -2.15. The summed E-state index contributed by atoms with van der Waals surface area (Å²) in [7, 11) is 0. The topological polar surface area (TPSA) is 66.5 Å². The van der Waals surface area contributed by atoms with Crippen molar-refractivity contribution in [2.45, 2.75) is 11.7 Å². The summed E-state index contributed by atoms with van der Waals surface area (Å²) in [5.74, 6) is -0.702. The van der Waals surface area contributed by atoms with Gasteiger partial charge in [-0.25, -0.2) is 4.90 Å². The fourth-order valence-corrected chi connectivity index (χ4v) is 4.30. The second-order valence-corrected chi connectivity index (χ2v) is 8.29. The van der Waals surface area contributed by atoms with E-state index < -0.39 is 5.25 Å². The van der Waals surface area contributed by atoms with Gasteiger partial charge < -0.3 is 5.32 Å². The maximum absolute atomic E-state index is 12.6. The van der Waals surface area contributed by atoms with E-state index in [2.05, 4.69) is 5.32 Å². The third kappa shape index (κ3) is 4.28.